The maximum atomic E-state index is 13.0. The number of rotatable bonds is 4. The molecule has 7 rings (SSSR count). The molecular weight excluding hydrogens is 350 g/mol. The van der Waals surface area contributed by atoms with Crippen LogP contribution in [-0.4, -0.2) is 27.6 Å². The van der Waals surface area contributed by atoms with Gasteiger partial charge in [-0.25, -0.2) is 0 Å². The van der Waals surface area contributed by atoms with Crippen LogP contribution >= 0.6 is 0 Å². The predicted octanol–water partition coefficient (Wildman–Crippen LogP) is 3.21. The van der Waals surface area contributed by atoms with Crippen molar-refractivity contribution in [1.82, 2.24) is 9.58 Å². The van der Waals surface area contributed by atoms with Gasteiger partial charge in [-0.2, -0.15) is 10.1 Å². The molecule has 28 heavy (non-hydrogen) atoms. The van der Waals surface area contributed by atoms with Gasteiger partial charge in [0.1, 0.15) is 0 Å². The van der Waals surface area contributed by atoms with Gasteiger partial charge in [0, 0.05) is 29.2 Å². The Morgan fingerprint density at radius 2 is 1.75 bits per heavy atom. The molecule has 5 nitrogen and oxygen atoms in total. The molecule has 0 unspecified atom stereocenters. The van der Waals surface area contributed by atoms with Gasteiger partial charge in [-0.05, 0) is 36.2 Å². The number of aromatic nitrogens is 1. The van der Waals surface area contributed by atoms with Crippen LogP contribution in [0.2, 0.25) is 0 Å². The van der Waals surface area contributed by atoms with Crippen molar-refractivity contribution in [2.45, 2.75) is 13.0 Å². The monoisotopic (exact) mass is 371 g/mol. The first-order valence-electron chi connectivity index (χ1n) is 9.98. The molecule has 2 amide bonds. The van der Waals surface area contributed by atoms with Gasteiger partial charge in [-0.15, -0.1) is 6.58 Å². The van der Waals surface area contributed by atoms with Crippen molar-refractivity contribution in [3.63, 3.8) is 0 Å². The number of hydrazone groups is 1. The molecule has 0 radical (unpaired) electrons. The molecule has 1 aromatic carbocycles. The summed E-state index contributed by atoms with van der Waals surface area (Å²) in [5.74, 6) is 1.02. The fraction of sp³-hybridized carbons (Fsp3) is 0.348. The molecule has 0 N–H and O–H groups in total. The molecule has 1 saturated heterocycles. The Morgan fingerprint density at radius 1 is 1.07 bits per heavy atom. The molecule has 140 valence electrons. The molecule has 5 heteroatoms. The zero-order valence-corrected chi connectivity index (χ0v) is 15.4. The van der Waals surface area contributed by atoms with E-state index in [9.17, 15) is 9.59 Å². The minimum atomic E-state index is -0.203. The second-order valence-electron chi connectivity index (χ2n) is 8.43. The average Bonchev–Trinajstić information content (AvgIpc) is 3.42. The lowest BCUT2D eigenvalue weighted by atomic mass is 9.63. The van der Waals surface area contributed by atoms with Gasteiger partial charge in [0.15, 0.2) is 0 Å². The summed E-state index contributed by atoms with van der Waals surface area (Å²) in [6.07, 6.45) is 11.0. The van der Waals surface area contributed by atoms with Crippen LogP contribution < -0.4 is 0 Å². The Kier molecular flexibility index (Phi) is 3.17. The number of benzene rings is 1. The zero-order valence-electron chi connectivity index (χ0n) is 15.4. The molecule has 2 heterocycles. The number of fused-ring (bicyclic) bond motifs is 1. The van der Waals surface area contributed by atoms with E-state index >= 15 is 0 Å². The van der Waals surface area contributed by atoms with Crippen LogP contribution in [-0.2, 0) is 16.1 Å². The number of allylic oxidation sites excluding steroid dienone is 3. The van der Waals surface area contributed by atoms with E-state index in [2.05, 4.69) is 28.4 Å². The standard InChI is InChI=1S/C23H21N3O2/c1-2-9-25-12-13(14-5-3-4-6-19(14)25)11-24-26-22(27)20-15-7-8-16(18-10-17(15)18)21(20)23(26)28/h2-8,11-12,15-18,20-21H,1,9-10H2/b24-11-/t15-,16-,17-,18-,20-,21+/m0/s1. The Morgan fingerprint density at radius 3 is 2.43 bits per heavy atom. The Balaban J connectivity index is 1.34. The number of hydrogen-bond acceptors (Lipinski definition) is 3. The summed E-state index contributed by atoms with van der Waals surface area (Å²) in [4.78, 5) is 26.1. The minimum absolute atomic E-state index is 0.120. The summed E-state index contributed by atoms with van der Waals surface area (Å²) in [6.45, 7) is 4.51. The van der Waals surface area contributed by atoms with Crippen LogP contribution in [0.5, 0.6) is 0 Å². The molecule has 1 aliphatic heterocycles. The third-order valence-electron chi connectivity index (χ3n) is 7.10. The number of para-hydroxylation sites is 1. The predicted molar refractivity (Wildman–Crippen MR) is 106 cm³/mol. The van der Waals surface area contributed by atoms with E-state index < -0.39 is 0 Å². The summed E-state index contributed by atoms with van der Waals surface area (Å²) < 4.78 is 2.09. The maximum absolute atomic E-state index is 13.0. The summed E-state index contributed by atoms with van der Waals surface area (Å²) in [6, 6.07) is 8.05. The van der Waals surface area contributed by atoms with Gasteiger partial charge in [0.25, 0.3) is 11.8 Å². The minimum Gasteiger partial charge on any atom is -0.343 e. The quantitative estimate of drug-likeness (QED) is 0.471. The second-order valence-corrected chi connectivity index (χ2v) is 8.43. The number of hydrogen-bond donors (Lipinski definition) is 0. The molecule has 2 aromatic rings. The highest BCUT2D eigenvalue weighted by Gasteiger charge is 2.67. The van der Waals surface area contributed by atoms with Crippen molar-refractivity contribution in [2.24, 2.45) is 40.6 Å². The van der Waals surface area contributed by atoms with Crippen LogP contribution in [0.15, 0.2) is 60.4 Å². The topological polar surface area (TPSA) is 54.7 Å². The van der Waals surface area contributed by atoms with E-state index in [1.165, 1.54) is 6.42 Å². The highest BCUT2D eigenvalue weighted by molar-refractivity contribution is 6.07. The highest BCUT2D eigenvalue weighted by atomic mass is 16.2. The fourth-order valence-electron chi connectivity index (χ4n) is 5.84. The number of carbonyl (C=O) groups excluding carboxylic acids is 2. The SMILES string of the molecule is C=CCn1cc(/C=N\N2C(=O)[C@@H]3[C@H]4C=C[C@@H]([C@@H]5C[C@@H]45)[C@@H]3C2=O)c2ccccc21. The lowest BCUT2D eigenvalue weighted by molar-refractivity contribution is -0.140. The van der Waals surface area contributed by atoms with Crippen LogP contribution in [0.3, 0.4) is 0 Å². The van der Waals surface area contributed by atoms with Crippen molar-refractivity contribution in [2.75, 3.05) is 0 Å². The lowest BCUT2D eigenvalue weighted by Gasteiger charge is -2.37. The lowest BCUT2D eigenvalue weighted by Crippen LogP contribution is -2.40. The molecule has 2 bridgehead atoms. The number of nitrogens with zero attached hydrogens (tertiary/aromatic N) is 3. The maximum Gasteiger partial charge on any atom is 0.254 e. The molecule has 5 aliphatic rings. The highest BCUT2D eigenvalue weighted by Crippen LogP contribution is 2.65. The van der Waals surface area contributed by atoms with Gasteiger partial charge in [-0.3, -0.25) is 9.59 Å². The number of imide groups is 1. The fourth-order valence-corrected chi connectivity index (χ4v) is 5.84. The van der Waals surface area contributed by atoms with Crippen LogP contribution in [0.25, 0.3) is 10.9 Å². The van der Waals surface area contributed by atoms with Gasteiger partial charge >= 0.3 is 0 Å². The van der Waals surface area contributed by atoms with Crippen molar-refractivity contribution in [3.8, 4) is 0 Å². The summed E-state index contributed by atoms with van der Waals surface area (Å²) >= 11 is 0. The molecule has 6 atom stereocenters. The third-order valence-corrected chi connectivity index (χ3v) is 7.10. The normalized spacial score (nSPS) is 35.1. The van der Waals surface area contributed by atoms with Gasteiger partial charge in [0.05, 0.1) is 18.1 Å². The Hall–Kier alpha value is -2.95. The summed E-state index contributed by atoms with van der Waals surface area (Å²) in [7, 11) is 0. The van der Waals surface area contributed by atoms with Crippen molar-refractivity contribution < 1.29 is 9.59 Å². The Bertz CT molecular complexity index is 1060. The number of carbonyl (C=O) groups is 2. The van der Waals surface area contributed by atoms with E-state index in [4.69, 9.17) is 0 Å². The second kappa shape index (κ2) is 5.53. The number of amides is 2. The van der Waals surface area contributed by atoms with E-state index in [0.29, 0.717) is 18.4 Å². The largest absolute Gasteiger partial charge is 0.343 e. The van der Waals surface area contributed by atoms with Crippen LogP contribution in [0, 0.1) is 35.5 Å². The molecule has 2 saturated carbocycles. The summed E-state index contributed by atoms with van der Waals surface area (Å²) in [5.41, 5.74) is 1.98. The van der Waals surface area contributed by atoms with Crippen molar-refractivity contribution >= 4 is 28.9 Å². The molecule has 3 fully saturated rings. The molecule has 1 aromatic heterocycles. The smallest absolute Gasteiger partial charge is 0.254 e. The third kappa shape index (κ3) is 1.99. The first-order valence-corrected chi connectivity index (χ1v) is 9.98. The Labute approximate surface area is 163 Å². The zero-order chi connectivity index (χ0) is 19.0. The average molecular weight is 371 g/mol. The van der Waals surface area contributed by atoms with E-state index in [1.807, 2.05) is 36.5 Å². The molecule has 0 spiro atoms. The van der Waals surface area contributed by atoms with E-state index in [0.717, 1.165) is 21.5 Å². The first kappa shape index (κ1) is 16.0. The van der Waals surface area contributed by atoms with E-state index in [-0.39, 0.29) is 35.5 Å². The van der Waals surface area contributed by atoms with Crippen molar-refractivity contribution in [1.29, 1.82) is 0 Å². The molecule has 4 aliphatic carbocycles. The van der Waals surface area contributed by atoms with Crippen LogP contribution in [0.4, 0.5) is 0 Å². The van der Waals surface area contributed by atoms with Crippen LogP contribution in [0.1, 0.15) is 12.0 Å². The first-order chi connectivity index (χ1) is 13.7. The van der Waals surface area contributed by atoms with Gasteiger partial charge in [0.2, 0.25) is 0 Å². The molecular formula is C23H21N3O2. The van der Waals surface area contributed by atoms with E-state index in [1.54, 1.807) is 6.21 Å². The van der Waals surface area contributed by atoms with Gasteiger partial charge < -0.3 is 4.57 Å². The van der Waals surface area contributed by atoms with Gasteiger partial charge in [-0.1, -0.05) is 36.4 Å². The van der Waals surface area contributed by atoms with Crippen molar-refractivity contribution in [3.05, 3.63) is 60.8 Å². The summed E-state index contributed by atoms with van der Waals surface area (Å²) in [5, 5.41) is 6.58.